The largest absolute Gasteiger partial charge is 0.363 e. The van der Waals surface area contributed by atoms with Crippen LogP contribution in [0.15, 0.2) is 18.3 Å². The Kier molecular flexibility index (Phi) is 3.81. The van der Waals surface area contributed by atoms with Crippen LogP contribution in [0.2, 0.25) is 0 Å². The second-order valence-corrected chi connectivity index (χ2v) is 4.99. The van der Waals surface area contributed by atoms with Crippen LogP contribution in [0.25, 0.3) is 0 Å². The lowest BCUT2D eigenvalue weighted by Gasteiger charge is -2.31. The first-order valence-electron chi connectivity index (χ1n) is 6.23. The Hall–Kier alpha value is -1.62. The van der Waals surface area contributed by atoms with Crippen molar-refractivity contribution in [1.82, 2.24) is 10.3 Å². The number of nitrogens with zero attached hydrogens (tertiary/aromatic N) is 2. The van der Waals surface area contributed by atoms with E-state index in [0.717, 1.165) is 24.6 Å². The van der Waals surface area contributed by atoms with E-state index in [0.29, 0.717) is 5.92 Å². The van der Waals surface area contributed by atoms with Gasteiger partial charge in [-0.15, -0.1) is 0 Å². The van der Waals surface area contributed by atoms with E-state index < -0.39 is 0 Å². The van der Waals surface area contributed by atoms with Crippen molar-refractivity contribution in [1.29, 1.82) is 0 Å². The lowest BCUT2D eigenvalue weighted by Crippen LogP contribution is -2.48. The van der Waals surface area contributed by atoms with Crippen molar-refractivity contribution in [3.63, 3.8) is 0 Å². The molecule has 1 aromatic heterocycles. The highest BCUT2D eigenvalue weighted by Gasteiger charge is 2.28. The maximum absolute atomic E-state index is 12.1. The van der Waals surface area contributed by atoms with Crippen molar-refractivity contribution >= 4 is 17.4 Å². The molecule has 5 nitrogen and oxygen atoms in total. The molecule has 0 bridgehead atoms. The molecule has 2 heterocycles. The van der Waals surface area contributed by atoms with Crippen molar-refractivity contribution in [2.75, 3.05) is 37.4 Å². The van der Waals surface area contributed by atoms with Gasteiger partial charge < -0.3 is 15.5 Å². The Bertz CT molecular complexity index is 429. The molecule has 1 saturated heterocycles. The lowest BCUT2D eigenvalue weighted by atomic mass is 9.88. The Morgan fingerprint density at radius 2 is 2.28 bits per heavy atom. The molecular weight excluding hydrogens is 228 g/mol. The second-order valence-electron chi connectivity index (χ2n) is 4.99. The summed E-state index contributed by atoms with van der Waals surface area (Å²) >= 11 is 0. The minimum atomic E-state index is 0.0437. The molecule has 0 saturated carbocycles. The summed E-state index contributed by atoms with van der Waals surface area (Å²) in [5.74, 6) is 1.42. The van der Waals surface area contributed by atoms with Crippen LogP contribution in [0.4, 0.5) is 11.5 Å². The molecule has 0 radical (unpaired) electrons. The van der Waals surface area contributed by atoms with E-state index in [-0.39, 0.29) is 11.8 Å². The Labute approximate surface area is 108 Å². The minimum Gasteiger partial charge on any atom is -0.363 e. The molecule has 1 unspecified atom stereocenters. The average molecular weight is 248 g/mol. The summed E-state index contributed by atoms with van der Waals surface area (Å²) in [6.45, 7) is 3.86. The van der Waals surface area contributed by atoms with Gasteiger partial charge in [0, 0.05) is 38.0 Å². The van der Waals surface area contributed by atoms with Gasteiger partial charge in [0.05, 0.1) is 0 Å². The zero-order chi connectivity index (χ0) is 13.1. The van der Waals surface area contributed by atoms with Gasteiger partial charge in [-0.2, -0.15) is 0 Å². The Morgan fingerprint density at radius 3 is 2.83 bits per heavy atom. The molecule has 1 aromatic rings. The second kappa shape index (κ2) is 5.35. The van der Waals surface area contributed by atoms with Crippen LogP contribution in [0, 0.1) is 11.8 Å². The number of aromatic nitrogens is 1. The van der Waals surface area contributed by atoms with Gasteiger partial charge in [0.1, 0.15) is 5.82 Å². The first kappa shape index (κ1) is 12.8. The fourth-order valence-corrected chi connectivity index (χ4v) is 1.88. The molecule has 5 heteroatoms. The predicted octanol–water partition coefficient (Wildman–Crippen LogP) is 0.942. The Morgan fingerprint density at radius 1 is 1.56 bits per heavy atom. The lowest BCUT2D eigenvalue weighted by molar-refractivity contribution is -0.121. The molecule has 1 atom stereocenters. The summed E-state index contributed by atoms with van der Waals surface area (Å²) in [5, 5.41) is 6.14. The number of nitrogens with one attached hydrogen (secondary N) is 2. The molecule has 1 aliphatic heterocycles. The molecule has 2 rings (SSSR count). The highest BCUT2D eigenvalue weighted by atomic mass is 16.1. The quantitative estimate of drug-likeness (QED) is 0.832. The van der Waals surface area contributed by atoms with E-state index >= 15 is 0 Å². The first-order chi connectivity index (χ1) is 8.58. The number of amides is 1. The number of carbonyl (C=O) groups excluding carboxylic acids is 1. The van der Waals surface area contributed by atoms with E-state index in [4.69, 9.17) is 0 Å². The van der Waals surface area contributed by atoms with Crippen LogP contribution >= 0.6 is 0 Å². The SMILES string of the molecule is CC(C(=O)Nc1ccnc(N(C)C)c1)C1CNC1. The molecule has 0 spiro atoms. The zero-order valence-electron chi connectivity index (χ0n) is 11.1. The minimum absolute atomic E-state index is 0.0437. The summed E-state index contributed by atoms with van der Waals surface area (Å²) in [6.07, 6.45) is 1.71. The molecular formula is C13H20N4O. The normalized spacial score (nSPS) is 16.8. The van der Waals surface area contributed by atoms with Gasteiger partial charge in [0.15, 0.2) is 0 Å². The fourth-order valence-electron chi connectivity index (χ4n) is 1.88. The van der Waals surface area contributed by atoms with E-state index in [2.05, 4.69) is 15.6 Å². The van der Waals surface area contributed by atoms with Crippen LogP contribution in [-0.2, 0) is 4.79 Å². The van der Waals surface area contributed by atoms with Crippen molar-refractivity contribution in [2.45, 2.75) is 6.92 Å². The number of hydrogen-bond acceptors (Lipinski definition) is 4. The molecule has 1 aliphatic rings. The molecule has 0 aliphatic carbocycles. The summed E-state index contributed by atoms with van der Waals surface area (Å²) in [5.41, 5.74) is 0.804. The van der Waals surface area contributed by atoms with Gasteiger partial charge in [0.2, 0.25) is 5.91 Å². The highest BCUT2D eigenvalue weighted by molar-refractivity contribution is 5.92. The van der Waals surface area contributed by atoms with Crippen LogP contribution in [0.3, 0.4) is 0 Å². The molecule has 98 valence electrons. The molecule has 18 heavy (non-hydrogen) atoms. The maximum Gasteiger partial charge on any atom is 0.227 e. The van der Waals surface area contributed by atoms with Crippen molar-refractivity contribution in [3.8, 4) is 0 Å². The molecule has 1 amide bonds. The number of carbonyl (C=O) groups is 1. The van der Waals surface area contributed by atoms with Gasteiger partial charge in [-0.3, -0.25) is 4.79 Å². The summed E-state index contributed by atoms with van der Waals surface area (Å²) in [7, 11) is 3.85. The van der Waals surface area contributed by atoms with Crippen LogP contribution in [0.1, 0.15) is 6.92 Å². The zero-order valence-corrected chi connectivity index (χ0v) is 11.1. The number of rotatable bonds is 4. The Balaban J connectivity index is 1.99. The monoisotopic (exact) mass is 248 g/mol. The fraction of sp³-hybridized carbons (Fsp3) is 0.538. The van der Waals surface area contributed by atoms with E-state index in [1.165, 1.54) is 0 Å². The van der Waals surface area contributed by atoms with Crippen LogP contribution < -0.4 is 15.5 Å². The van der Waals surface area contributed by atoms with Gasteiger partial charge in [-0.1, -0.05) is 6.92 Å². The number of pyridine rings is 1. The number of anilines is 2. The van der Waals surface area contributed by atoms with Gasteiger partial charge in [-0.05, 0) is 25.1 Å². The van der Waals surface area contributed by atoms with E-state index in [1.54, 1.807) is 6.20 Å². The predicted molar refractivity (Wildman–Crippen MR) is 72.7 cm³/mol. The van der Waals surface area contributed by atoms with Crippen LogP contribution in [-0.4, -0.2) is 38.1 Å². The van der Waals surface area contributed by atoms with Crippen molar-refractivity contribution < 1.29 is 4.79 Å². The topological polar surface area (TPSA) is 57.3 Å². The first-order valence-corrected chi connectivity index (χ1v) is 6.23. The van der Waals surface area contributed by atoms with Gasteiger partial charge in [-0.25, -0.2) is 4.98 Å². The smallest absolute Gasteiger partial charge is 0.227 e. The van der Waals surface area contributed by atoms with Crippen molar-refractivity contribution in [2.24, 2.45) is 11.8 Å². The molecule has 1 fully saturated rings. The third-order valence-electron chi connectivity index (χ3n) is 3.40. The molecule has 0 aromatic carbocycles. The maximum atomic E-state index is 12.1. The third-order valence-corrected chi connectivity index (χ3v) is 3.40. The van der Waals surface area contributed by atoms with Crippen LogP contribution in [0.5, 0.6) is 0 Å². The third kappa shape index (κ3) is 2.79. The van der Waals surface area contributed by atoms with Gasteiger partial charge in [0.25, 0.3) is 0 Å². The highest BCUT2D eigenvalue weighted by Crippen LogP contribution is 2.19. The molecule has 2 N–H and O–H groups in total. The van der Waals surface area contributed by atoms with E-state index in [1.807, 2.05) is 38.1 Å². The summed E-state index contributed by atoms with van der Waals surface area (Å²) in [6, 6.07) is 3.69. The number of hydrogen-bond donors (Lipinski definition) is 2. The van der Waals surface area contributed by atoms with Crippen molar-refractivity contribution in [3.05, 3.63) is 18.3 Å². The van der Waals surface area contributed by atoms with Gasteiger partial charge >= 0.3 is 0 Å². The standard InChI is InChI=1S/C13H20N4O/c1-9(10-7-14-8-10)13(18)16-11-4-5-15-12(6-11)17(2)3/h4-6,9-10,14H,7-8H2,1-3H3,(H,15,16,18). The van der Waals surface area contributed by atoms with E-state index in [9.17, 15) is 4.79 Å². The average Bonchev–Trinajstić information content (AvgIpc) is 2.26. The summed E-state index contributed by atoms with van der Waals surface area (Å²) in [4.78, 5) is 18.2. The summed E-state index contributed by atoms with van der Waals surface area (Å²) < 4.78 is 0.